The van der Waals surface area contributed by atoms with Gasteiger partial charge in [-0.25, -0.2) is 0 Å². The Hall–Kier alpha value is -1.22. The van der Waals surface area contributed by atoms with Gasteiger partial charge in [0.1, 0.15) is 0 Å². The van der Waals surface area contributed by atoms with Gasteiger partial charge in [-0.2, -0.15) is 0 Å². The zero-order chi connectivity index (χ0) is 13.8. The standard InChI is InChI=1S/C16H27N3/c1-5-13(2)16-12-19(10-9-17-16)15-8-6-7-14(11-15)18(3)4/h6-8,11,13,16-17H,5,9-10,12H2,1-4H3. The third kappa shape index (κ3) is 3.41. The number of benzene rings is 1. The first-order valence-electron chi connectivity index (χ1n) is 7.37. The highest BCUT2D eigenvalue weighted by Gasteiger charge is 2.23. The molecule has 1 aliphatic heterocycles. The Morgan fingerprint density at radius 3 is 2.89 bits per heavy atom. The summed E-state index contributed by atoms with van der Waals surface area (Å²) in [4.78, 5) is 4.68. The van der Waals surface area contributed by atoms with Crippen LogP contribution >= 0.6 is 0 Å². The Morgan fingerprint density at radius 1 is 1.42 bits per heavy atom. The number of anilines is 2. The van der Waals surface area contributed by atoms with Crippen LogP contribution in [0.5, 0.6) is 0 Å². The van der Waals surface area contributed by atoms with Crippen LogP contribution in [0.25, 0.3) is 0 Å². The molecule has 0 bridgehead atoms. The fourth-order valence-corrected chi connectivity index (χ4v) is 2.65. The number of hydrogen-bond acceptors (Lipinski definition) is 3. The third-order valence-corrected chi connectivity index (χ3v) is 4.25. The van der Waals surface area contributed by atoms with Crippen LogP contribution in [0.1, 0.15) is 20.3 Å². The molecular weight excluding hydrogens is 234 g/mol. The fraction of sp³-hybridized carbons (Fsp3) is 0.625. The molecule has 0 radical (unpaired) electrons. The van der Waals surface area contributed by atoms with Crippen molar-refractivity contribution in [1.82, 2.24) is 5.32 Å². The molecule has 2 atom stereocenters. The van der Waals surface area contributed by atoms with Crippen LogP contribution in [-0.2, 0) is 0 Å². The Morgan fingerprint density at radius 2 is 2.21 bits per heavy atom. The fourth-order valence-electron chi connectivity index (χ4n) is 2.65. The van der Waals surface area contributed by atoms with Crippen molar-refractivity contribution >= 4 is 11.4 Å². The van der Waals surface area contributed by atoms with Crippen LogP contribution in [0, 0.1) is 5.92 Å². The lowest BCUT2D eigenvalue weighted by Crippen LogP contribution is -2.53. The average molecular weight is 261 g/mol. The maximum absolute atomic E-state index is 3.65. The predicted octanol–water partition coefficient (Wildman–Crippen LogP) is 2.58. The van der Waals surface area contributed by atoms with Crippen molar-refractivity contribution in [2.75, 3.05) is 43.5 Å². The molecule has 1 N–H and O–H groups in total. The third-order valence-electron chi connectivity index (χ3n) is 4.25. The van der Waals surface area contributed by atoms with Crippen LogP contribution in [0.15, 0.2) is 24.3 Å². The summed E-state index contributed by atoms with van der Waals surface area (Å²) in [5.74, 6) is 0.736. The van der Waals surface area contributed by atoms with E-state index < -0.39 is 0 Å². The zero-order valence-corrected chi connectivity index (χ0v) is 12.7. The van der Waals surface area contributed by atoms with Gasteiger partial charge in [0.15, 0.2) is 0 Å². The first-order chi connectivity index (χ1) is 9.11. The lowest BCUT2D eigenvalue weighted by molar-refractivity contribution is 0.342. The lowest BCUT2D eigenvalue weighted by Gasteiger charge is -2.38. The molecule has 3 heteroatoms. The number of nitrogens with one attached hydrogen (secondary N) is 1. The maximum atomic E-state index is 3.65. The first-order valence-corrected chi connectivity index (χ1v) is 7.37. The molecule has 1 saturated heterocycles. The molecule has 106 valence electrons. The van der Waals surface area contributed by atoms with Crippen molar-refractivity contribution in [2.24, 2.45) is 5.92 Å². The molecule has 1 aliphatic rings. The SMILES string of the molecule is CCC(C)C1CN(c2cccc(N(C)C)c2)CCN1. The van der Waals surface area contributed by atoms with E-state index in [9.17, 15) is 0 Å². The molecule has 19 heavy (non-hydrogen) atoms. The Labute approximate surface area is 117 Å². The molecule has 0 saturated carbocycles. The summed E-state index contributed by atoms with van der Waals surface area (Å²) in [6.45, 7) is 7.92. The molecule has 0 spiro atoms. The van der Waals surface area contributed by atoms with Crippen LogP contribution in [0.3, 0.4) is 0 Å². The first kappa shape index (κ1) is 14.2. The number of piperazine rings is 1. The largest absolute Gasteiger partial charge is 0.378 e. The van der Waals surface area contributed by atoms with Crippen molar-refractivity contribution in [2.45, 2.75) is 26.3 Å². The second-order valence-electron chi connectivity index (χ2n) is 5.81. The van der Waals surface area contributed by atoms with Gasteiger partial charge >= 0.3 is 0 Å². The second-order valence-corrected chi connectivity index (χ2v) is 5.81. The van der Waals surface area contributed by atoms with Crippen molar-refractivity contribution < 1.29 is 0 Å². The normalized spacial score (nSPS) is 21.3. The van der Waals surface area contributed by atoms with Gasteiger partial charge in [0.2, 0.25) is 0 Å². The Bertz CT molecular complexity index is 403. The minimum atomic E-state index is 0.613. The summed E-state index contributed by atoms with van der Waals surface area (Å²) >= 11 is 0. The summed E-state index contributed by atoms with van der Waals surface area (Å²) in [5.41, 5.74) is 2.62. The van der Waals surface area contributed by atoms with Crippen LogP contribution in [0.2, 0.25) is 0 Å². The van der Waals surface area contributed by atoms with E-state index in [1.807, 2.05) is 0 Å². The molecule has 2 unspecified atom stereocenters. The molecule has 0 aromatic heterocycles. The summed E-state index contributed by atoms with van der Waals surface area (Å²) in [7, 11) is 4.19. The molecule has 1 fully saturated rings. The summed E-state index contributed by atoms with van der Waals surface area (Å²) in [6, 6.07) is 9.45. The average Bonchev–Trinajstić information content (AvgIpc) is 2.46. The Kier molecular flexibility index (Phi) is 4.70. The van der Waals surface area contributed by atoms with Gasteiger partial charge in [0, 0.05) is 51.1 Å². The number of nitrogens with zero attached hydrogens (tertiary/aromatic N) is 2. The molecule has 1 heterocycles. The van der Waals surface area contributed by atoms with Gasteiger partial charge in [-0.05, 0) is 24.1 Å². The maximum Gasteiger partial charge on any atom is 0.0387 e. The van der Waals surface area contributed by atoms with Crippen LogP contribution < -0.4 is 15.1 Å². The molecule has 1 aromatic carbocycles. The van der Waals surface area contributed by atoms with E-state index >= 15 is 0 Å². The Balaban J connectivity index is 2.10. The minimum absolute atomic E-state index is 0.613. The number of rotatable bonds is 4. The highest BCUT2D eigenvalue weighted by Crippen LogP contribution is 2.23. The smallest absolute Gasteiger partial charge is 0.0387 e. The van der Waals surface area contributed by atoms with Gasteiger partial charge in [-0.3, -0.25) is 0 Å². The van der Waals surface area contributed by atoms with Crippen molar-refractivity contribution in [3.63, 3.8) is 0 Å². The molecule has 3 nitrogen and oxygen atoms in total. The molecule has 1 aromatic rings. The van der Waals surface area contributed by atoms with Gasteiger partial charge < -0.3 is 15.1 Å². The topological polar surface area (TPSA) is 18.5 Å². The highest BCUT2D eigenvalue weighted by molar-refractivity contribution is 5.59. The van der Waals surface area contributed by atoms with Gasteiger partial charge in [0.05, 0.1) is 0 Å². The van der Waals surface area contributed by atoms with E-state index in [1.165, 1.54) is 17.8 Å². The van der Waals surface area contributed by atoms with Crippen LogP contribution in [0.4, 0.5) is 11.4 Å². The summed E-state index contributed by atoms with van der Waals surface area (Å²) in [6.07, 6.45) is 1.24. The monoisotopic (exact) mass is 261 g/mol. The zero-order valence-electron chi connectivity index (χ0n) is 12.7. The number of hydrogen-bond donors (Lipinski definition) is 1. The van der Waals surface area contributed by atoms with E-state index in [0.717, 1.165) is 25.6 Å². The quantitative estimate of drug-likeness (QED) is 0.898. The van der Waals surface area contributed by atoms with Crippen molar-refractivity contribution in [3.05, 3.63) is 24.3 Å². The van der Waals surface area contributed by atoms with E-state index in [-0.39, 0.29) is 0 Å². The van der Waals surface area contributed by atoms with Gasteiger partial charge in [-0.1, -0.05) is 26.3 Å². The molecule has 0 amide bonds. The molecule has 2 rings (SSSR count). The van der Waals surface area contributed by atoms with E-state index in [4.69, 9.17) is 0 Å². The second kappa shape index (κ2) is 6.29. The van der Waals surface area contributed by atoms with Crippen LogP contribution in [-0.4, -0.2) is 39.8 Å². The molecular formula is C16H27N3. The van der Waals surface area contributed by atoms with Gasteiger partial charge in [0.25, 0.3) is 0 Å². The lowest BCUT2D eigenvalue weighted by atomic mass is 9.97. The van der Waals surface area contributed by atoms with Crippen molar-refractivity contribution in [3.8, 4) is 0 Å². The molecule has 0 aliphatic carbocycles. The van der Waals surface area contributed by atoms with E-state index in [2.05, 4.69) is 67.3 Å². The predicted molar refractivity (Wildman–Crippen MR) is 84.2 cm³/mol. The van der Waals surface area contributed by atoms with Crippen molar-refractivity contribution in [1.29, 1.82) is 0 Å². The summed E-state index contributed by atoms with van der Waals surface area (Å²) in [5, 5.41) is 3.65. The van der Waals surface area contributed by atoms with Gasteiger partial charge in [-0.15, -0.1) is 0 Å². The van der Waals surface area contributed by atoms with E-state index in [0.29, 0.717) is 6.04 Å². The van der Waals surface area contributed by atoms with E-state index in [1.54, 1.807) is 0 Å². The summed E-state index contributed by atoms with van der Waals surface area (Å²) < 4.78 is 0. The highest BCUT2D eigenvalue weighted by atomic mass is 15.2. The minimum Gasteiger partial charge on any atom is -0.378 e.